The van der Waals surface area contributed by atoms with Crippen LogP contribution >= 0.6 is 0 Å². The van der Waals surface area contributed by atoms with Gasteiger partial charge in [-0.3, -0.25) is 0 Å². The second-order valence-corrected chi connectivity index (χ2v) is 13.0. The van der Waals surface area contributed by atoms with Crippen molar-refractivity contribution in [3.63, 3.8) is 0 Å². The van der Waals surface area contributed by atoms with E-state index in [2.05, 4.69) is 59.6 Å². The van der Waals surface area contributed by atoms with Crippen LogP contribution in [-0.4, -0.2) is 36.5 Å². The summed E-state index contributed by atoms with van der Waals surface area (Å²) in [4.78, 5) is 15.1. The molecule has 0 bridgehead atoms. The number of rotatable bonds is 10. The van der Waals surface area contributed by atoms with E-state index in [9.17, 15) is 9.90 Å². The van der Waals surface area contributed by atoms with Crippen molar-refractivity contribution in [3.05, 3.63) is 83.4 Å². The van der Waals surface area contributed by atoms with Crippen LogP contribution in [0, 0.1) is 5.41 Å². The van der Waals surface area contributed by atoms with Crippen molar-refractivity contribution in [1.29, 1.82) is 0 Å². The molecule has 1 atom stereocenters. The average Bonchev–Trinajstić information content (AvgIpc) is 3.73. The molecule has 1 saturated carbocycles. The van der Waals surface area contributed by atoms with Crippen molar-refractivity contribution in [2.45, 2.75) is 84.5 Å². The van der Waals surface area contributed by atoms with E-state index in [4.69, 9.17) is 9.47 Å². The van der Waals surface area contributed by atoms with Crippen LogP contribution in [-0.2, 0) is 17.8 Å². The Kier molecular flexibility index (Phi) is 9.12. The number of aryl methyl sites for hydroxylation is 1. The molecule has 0 radical (unpaired) electrons. The highest BCUT2D eigenvalue weighted by Gasteiger charge is 2.44. The standard InChI is InChI=1S/C36H46N2O4/c1-5-27-9-6-7-12-33(27)41-25-26-21-30(24-31(22-26)38-18-16-36(14-15-36)17-19-38)28-10-8-11-29(23-28)32(13-20-39)37-34(40)42-35(2,3)4/h6-12,21-24,32,39H,5,13-20,25H2,1-4H3,(H,37,40). The molecule has 42 heavy (non-hydrogen) atoms. The molecule has 2 N–H and O–H groups in total. The predicted molar refractivity (Wildman–Crippen MR) is 169 cm³/mol. The third-order valence-corrected chi connectivity index (χ3v) is 8.60. The van der Waals surface area contributed by atoms with Crippen molar-refractivity contribution in [2.75, 3.05) is 24.6 Å². The van der Waals surface area contributed by atoms with Gasteiger partial charge in [0.1, 0.15) is 18.0 Å². The Bertz CT molecular complexity index is 1360. The monoisotopic (exact) mass is 570 g/mol. The number of aliphatic hydroxyl groups excluding tert-OH is 1. The average molecular weight is 571 g/mol. The number of hydrogen-bond acceptors (Lipinski definition) is 5. The zero-order valence-electron chi connectivity index (χ0n) is 25.6. The van der Waals surface area contributed by atoms with Gasteiger partial charge in [0.2, 0.25) is 0 Å². The van der Waals surface area contributed by atoms with E-state index < -0.39 is 11.7 Å². The third-order valence-electron chi connectivity index (χ3n) is 8.60. The number of para-hydroxylation sites is 1. The lowest BCUT2D eigenvalue weighted by atomic mass is 9.92. The first-order chi connectivity index (χ1) is 20.2. The van der Waals surface area contributed by atoms with Gasteiger partial charge in [-0.2, -0.15) is 0 Å². The van der Waals surface area contributed by atoms with Gasteiger partial charge >= 0.3 is 6.09 Å². The number of nitrogens with zero attached hydrogens (tertiary/aromatic N) is 1. The number of hydrogen-bond donors (Lipinski definition) is 2. The van der Waals surface area contributed by atoms with E-state index in [1.807, 2.05) is 45.0 Å². The first kappa shape index (κ1) is 30.0. The fourth-order valence-corrected chi connectivity index (χ4v) is 5.96. The Balaban J connectivity index is 1.43. The van der Waals surface area contributed by atoms with Crippen LogP contribution in [0.5, 0.6) is 5.75 Å². The normalized spacial score (nSPS) is 16.6. The van der Waals surface area contributed by atoms with E-state index >= 15 is 0 Å². The van der Waals surface area contributed by atoms with Gasteiger partial charge in [-0.05, 0) is 123 Å². The second kappa shape index (κ2) is 12.8. The van der Waals surface area contributed by atoms with Gasteiger partial charge in [-0.25, -0.2) is 4.79 Å². The molecule has 2 aliphatic rings. The van der Waals surface area contributed by atoms with Crippen LogP contribution < -0.4 is 15.0 Å². The molecule has 0 aromatic heterocycles. The summed E-state index contributed by atoms with van der Waals surface area (Å²) in [6.45, 7) is 10.3. The molecule has 3 aromatic carbocycles. The van der Waals surface area contributed by atoms with Gasteiger partial charge in [-0.15, -0.1) is 0 Å². The number of nitrogens with one attached hydrogen (secondary N) is 1. The Hall–Kier alpha value is -3.51. The van der Waals surface area contributed by atoms with Gasteiger partial charge in [0.25, 0.3) is 0 Å². The minimum absolute atomic E-state index is 0.0443. The Labute approximate surface area is 251 Å². The number of aliphatic hydroxyl groups is 1. The van der Waals surface area contributed by atoms with Crippen LogP contribution in [0.2, 0.25) is 0 Å². The zero-order chi connectivity index (χ0) is 29.7. The molecule has 5 rings (SSSR count). The van der Waals surface area contributed by atoms with Crippen LogP contribution in [0.15, 0.2) is 66.7 Å². The van der Waals surface area contributed by atoms with E-state index in [1.54, 1.807) is 0 Å². The summed E-state index contributed by atoms with van der Waals surface area (Å²) in [5.41, 5.74) is 6.69. The smallest absolute Gasteiger partial charge is 0.408 e. The summed E-state index contributed by atoms with van der Waals surface area (Å²) >= 11 is 0. The summed E-state index contributed by atoms with van der Waals surface area (Å²) in [5.74, 6) is 0.933. The summed E-state index contributed by atoms with van der Waals surface area (Å²) in [7, 11) is 0. The van der Waals surface area contributed by atoms with E-state index in [0.717, 1.165) is 47.5 Å². The quantitative estimate of drug-likeness (QED) is 0.260. The maximum atomic E-state index is 12.6. The van der Waals surface area contributed by atoms with Gasteiger partial charge in [0.15, 0.2) is 0 Å². The molecule has 1 saturated heterocycles. The molecule has 3 aromatic rings. The molecule has 6 heteroatoms. The number of piperidine rings is 1. The summed E-state index contributed by atoms with van der Waals surface area (Å²) in [6, 6.07) is 22.9. The second-order valence-electron chi connectivity index (χ2n) is 13.0. The molecule has 1 amide bonds. The van der Waals surface area contributed by atoms with Crippen LogP contribution in [0.4, 0.5) is 10.5 Å². The summed E-state index contributed by atoms with van der Waals surface area (Å²) < 4.78 is 11.9. The topological polar surface area (TPSA) is 71.0 Å². The molecule has 1 unspecified atom stereocenters. The number of carbonyl (C=O) groups is 1. The molecule has 1 spiro atoms. The van der Waals surface area contributed by atoms with Gasteiger partial charge < -0.3 is 24.8 Å². The number of benzene rings is 3. The third kappa shape index (κ3) is 7.65. The van der Waals surface area contributed by atoms with Gasteiger partial charge in [-0.1, -0.05) is 43.3 Å². The van der Waals surface area contributed by atoms with Crippen LogP contribution in [0.25, 0.3) is 11.1 Å². The minimum atomic E-state index is -0.597. The van der Waals surface area contributed by atoms with Crippen LogP contribution in [0.1, 0.15) is 82.5 Å². The first-order valence-corrected chi connectivity index (χ1v) is 15.5. The minimum Gasteiger partial charge on any atom is -0.489 e. The number of carbonyl (C=O) groups excluding carboxylic acids is 1. The van der Waals surface area contributed by atoms with Crippen molar-refractivity contribution in [1.82, 2.24) is 5.32 Å². The Morgan fingerprint density at radius 1 is 0.976 bits per heavy atom. The molecule has 1 aliphatic carbocycles. The summed E-state index contributed by atoms with van der Waals surface area (Å²) in [6.07, 6.45) is 6.14. The maximum Gasteiger partial charge on any atom is 0.408 e. The highest BCUT2D eigenvalue weighted by Crippen LogP contribution is 2.54. The van der Waals surface area contributed by atoms with Crippen molar-refractivity contribution < 1.29 is 19.4 Å². The zero-order valence-corrected chi connectivity index (χ0v) is 25.6. The maximum absolute atomic E-state index is 12.6. The molecule has 1 aliphatic heterocycles. The number of alkyl carbamates (subject to hydrolysis) is 1. The highest BCUT2D eigenvalue weighted by molar-refractivity contribution is 5.72. The predicted octanol–water partition coefficient (Wildman–Crippen LogP) is 7.82. The first-order valence-electron chi connectivity index (χ1n) is 15.5. The van der Waals surface area contributed by atoms with Crippen molar-refractivity contribution in [2.24, 2.45) is 5.41 Å². The Morgan fingerprint density at radius 3 is 2.43 bits per heavy atom. The lowest BCUT2D eigenvalue weighted by Crippen LogP contribution is -2.35. The fourth-order valence-electron chi connectivity index (χ4n) is 5.96. The SMILES string of the molecule is CCc1ccccc1OCc1cc(-c2cccc(C(CCO)NC(=O)OC(C)(C)C)c2)cc(N2CCC3(CC2)CC3)c1. The van der Waals surface area contributed by atoms with Crippen molar-refractivity contribution in [3.8, 4) is 16.9 Å². The molecular weight excluding hydrogens is 524 g/mol. The lowest BCUT2D eigenvalue weighted by Gasteiger charge is -2.34. The molecule has 6 nitrogen and oxygen atoms in total. The molecule has 1 heterocycles. The highest BCUT2D eigenvalue weighted by atomic mass is 16.6. The number of anilines is 1. The van der Waals surface area contributed by atoms with Gasteiger partial charge in [0.05, 0.1) is 6.04 Å². The Morgan fingerprint density at radius 2 is 1.74 bits per heavy atom. The van der Waals surface area contributed by atoms with E-state index in [1.165, 1.54) is 36.9 Å². The van der Waals surface area contributed by atoms with Crippen molar-refractivity contribution >= 4 is 11.8 Å². The molecular formula is C36H46N2O4. The number of amides is 1. The molecule has 224 valence electrons. The lowest BCUT2D eigenvalue weighted by molar-refractivity contribution is 0.0496. The van der Waals surface area contributed by atoms with Gasteiger partial charge in [0, 0.05) is 25.4 Å². The van der Waals surface area contributed by atoms with E-state index in [0.29, 0.717) is 18.4 Å². The van der Waals surface area contributed by atoms with E-state index in [-0.39, 0.29) is 12.6 Å². The fraction of sp³-hybridized carbons (Fsp3) is 0.472. The number of ether oxygens (including phenoxy) is 2. The largest absolute Gasteiger partial charge is 0.489 e. The molecule has 2 fully saturated rings. The van der Waals surface area contributed by atoms with Crippen LogP contribution in [0.3, 0.4) is 0 Å². The summed E-state index contributed by atoms with van der Waals surface area (Å²) in [5, 5.41) is 12.7.